The summed E-state index contributed by atoms with van der Waals surface area (Å²) in [6, 6.07) is 0. The molecule has 5 nitrogen and oxygen atoms in total. The summed E-state index contributed by atoms with van der Waals surface area (Å²) in [5.74, 6) is -1.07. The highest BCUT2D eigenvalue weighted by Gasteiger charge is 2.40. The van der Waals surface area contributed by atoms with Crippen molar-refractivity contribution < 1.29 is 23.8 Å². The number of methoxy groups -OCH3 is 1. The molecule has 1 rings (SSSR count). The molecule has 0 aromatic carbocycles. The van der Waals surface area contributed by atoms with Gasteiger partial charge in [0.2, 0.25) is 0 Å². The third-order valence-corrected chi connectivity index (χ3v) is 2.22. The van der Waals surface area contributed by atoms with E-state index in [-0.39, 0.29) is 18.5 Å². The maximum absolute atomic E-state index is 10.9. The molecule has 0 N–H and O–H groups in total. The van der Waals surface area contributed by atoms with Crippen LogP contribution in [0.3, 0.4) is 0 Å². The molecule has 0 bridgehead atoms. The average Bonchev–Trinajstić information content (AvgIpc) is 2.49. The third kappa shape index (κ3) is 3.28. The second-order valence-corrected chi connectivity index (χ2v) is 3.89. The number of carbonyl (C=O) groups excluding carboxylic acids is 2. The lowest BCUT2D eigenvalue weighted by Crippen LogP contribution is -2.24. The first kappa shape index (κ1) is 12.1. The molecule has 0 unspecified atom stereocenters. The van der Waals surface area contributed by atoms with Crippen LogP contribution in [0.2, 0.25) is 0 Å². The van der Waals surface area contributed by atoms with Crippen molar-refractivity contribution in [2.45, 2.75) is 44.7 Å². The van der Waals surface area contributed by atoms with Crippen molar-refractivity contribution in [3.8, 4) is 0 Å². The van der Waals surface area contributed by atoms with E-state index in [1.54, 1.807) is 13.8 Å². The average molecular weight is 216 g/mol. The number of rotatable bonds is 4. The molecule has 0 spiro atoms. The Morgan fingerprint density at radius 2 is 2.13 bits per heavy atom. The summed E-state index contributed by atoms with van der Waals surface area (Å²) >= 11 is 0. The van der Waals surface area contributed by atoms with Gasteiger partial charge in [0.25, 0.3) is 0 Å². The first-order chi connectivity index (χ1) is 6.98. The fourth-order valence-corrected chi connectivity index (χ4v) is 1.56. The summed E-state index contributed by atoms with van der Waals surface area (Å²) in [4.78, 5) is 21.6. The fraction of sp³-hybridized carbons (Fsp3) is 0.800. The Morgan fingerprint density at radius 1 is 1.47 bits per heavy atom. The van der Waals surface area contributed by atoms with E-state index in [1.807, 2.05) is 0 Å². The van der Waals surface area contributed by atoms with Gasteiger partial charge in [-0.2, -0.15) is 0 Å². The van der Waals surface area contributed by atoms with E-state index in [9.17, 15) is 9.59 Å². The van der Waals surface area contributed by atoms with Gasteiger partial charge >= 0.3 is 5.97 Å². The zero-order valence-electron chi connectivity index (χ0n) is 9.19. The van der Waals surface area contributed by atoms with Crippen LogP contribution >= 0.6 is 0 Å². The Balaban J connectivity index is 2.47. The Morgan fingerprint density at radius 3 is 2.67 bits per heavy atom. The van der Waals surface area contributed by atoms with Gasteiger partial charge in [-0.25, -0.2) is 0 Å². The lowest BCUT2D eigenvalue weighted by Gasteiger charge is -2.16. The zero-order chi connectivity index (χ0) is 11.5. The van der Waals surface area contributed by atoms with Crippen molar-refractivity contribution in [3.05, 3.63) is 0 Å². The van der Waals surface area contributed by atoms with E-state index in [1.165, 1.54) is 7.11 Å². The van der Waals surface area contributed by atoms with Crippen LogP contribution in [0.5, 0.6) is 0 Å². The summed E-state index contributed by atoms with van der Waals surface area (Å²) in [5, 5.41) is 0. The molecular weight excluding hydrogens is 200 g/mol. The van der Waals surface area contributed by atoms with Gasteiger partial charge in [-0.05, 0) is 20.3 Å². The standard InChI is InChI=1S/C10H16O5/c1-10(2)14-7(8(6-11)15-10)4-5-9(12)13-3/h6-8H,4-5H2,1-3H3/t7-,8-/m1/s1. The first-order valence-electron chi connectivity index (χ1n) is 4.86. The minimum absolute atomic E-state index is 0.227. The van der Waals surface area contributed by atoms with Crippen LogP contribution in [0, 0.1) is 0 Å². The Kier molecular flexibility index (Phi) is 3.82. The van der Waals surface area contributed by atoms with E-state index in [4.69, 9.17) is 9.47 Å². The van der Waals surface area contributed by atoms with Crippen molar-refractivity contribution in [1.29, 1.82) is 0 Å². The highest BCUT2D eigenvalue weighted by Crippen LogP contribution is 2.29. The largest absolute Gasteiger partial charge is 0.469 e. The number of aldehydes is 1. The predicted molar refractivity (Wildman–Crippen MR) is 51.1 cm³/mol. The number of hydrogen-bond donors (Lipinski definition) is 0. The zero-order valence-corrected chi connectivity index (χ0v) is 9.19. The minimum atomic E-state index is -0.758. The van der Waals surface area contributed by atoms with Crippen molar-refractivity contribution in [1.82, 2.24) is 0 Å². The highest BCUT2D eigenvalue weighted by molar-refractivity contribution is 5.69. The molecular formula is C10H16O5. The molecule has 0 aromatic heterocycles. The van der Waals surface area contributed by atoms with Gasteiger partial charge in [-0.15, -0.1) is 0 Å². The van der Waals surface area contributed by atoms with Crippen molar-refractivity contribution in [2.75, 3.05) is 7.11 Å². The fourth-order valence-electron chi connectivity index (χ4n) is 1.56. The minimum Gasteiger partial charge on any atom is -0.469 e. The quantitative estimate of drug-likeness (QED) is 0.510. The van der Waals surface area contributed by atoms with Crippen LogP contribution in [-0.4, -0.2) is 37.4 Å². The summed E-state index contributed by atoms with van der Waals surface area (Å²) in [5.41, 5.74) is 0. The summed E-state index contributed by atoms with van der Waals surface area (Å²) in [6.45, 7) is 3.48. The van der Waals surface area contributed by atoms with Gasteiger partial charge in [0, 0.05) is 6.42 Å². The number of hydrogen-bond acceptors (Lipinski definition) is 5. The van der Waals surface area contributed by atoms with Crippen LogP contribution in [-0.2, 0) is 23.8 Å². The molecule has 1 saturated heterocycles. The van der Waals surface area contributed by atoms with Gasteiger partial charge in [-0.3, -0.25) is 4.79 Å². The topological polar surface area (TPSA) is 61.8 Å². The van der Waals surface area contributed by atoms with Gasteiger partial charge in [0.1, 0.15) is 6.10 Å². The van der Waals surface area contributed by atoms with Gasteiger partial charge in [-0.1, -0.05) is 0 Å². The van der Waals surface area contributed by atoms with E-state index >= 15 is 0 Å². The van der Waals surface area contributed by atoms with E-state index in [0.717, 1.165) is 0 Å². The van der Waals surface area contributed by atoms with Crippen molar-refractivity contribution in [2.24, 2.45) is 0 Å². The molecule has 0 aromatic rings. The molecule has 86 valence electrons. The monoisotopic (exact) mass is 216 g/mol. The van der Waals surface area contributed by atoms with Crippen LogP contribution in [0.25, 0.3) is 0 Å². The second kappa shape index (κ2) is 4.72. The summed E-state index contributed by atoms with van der Waals surface area (Å²) < 4.78 is 15.3. The molecule has 0 amide bonds. The van der Waals surface area contributed by atoms with E-state index in [0.29, 0.717) is 12.7 Å². The molecule has 1 aliphatic heterocycles. The summed E-state index contributed by atoms with van der Waals surface area (Å²) in [7, 11) is 1.33. The molecule has 1 fully saturated rings. The number of ether oxygens (including phenoxy) is 3. The molecule has 2 atom stereocenters. The summed E-state index contributed by atoms with van der Waals surface area (Å²) in [6.07, 6.45) is 0.405. The number of esters is 1. The van der Waals surface area contributed by atoms with Crippen molar-refractivity contribution >= 4 is 12.3 Å². The first-order valence-corrected chi connectivity index (χ1v) is 4.86. The Bertz CT molecular complexity index is 248. The molecule has 0 saturated carbocycles. The molecule has 15 heavy (non-hydrogen) atoms. The molecule has 0 radical (unpaired) electrons. The molecule has 1 heterocycles. The Hall–Kier alpha value is -0.940. The molecule has 0 aliphatic carbocycles. The lowest BCUT2D eigenvalue weighted by molar-refractivity contribution is -0.152. The number of carbonyl (C=O) groups is 2. The maximum Gasteiger partial charge on any atom is 0.305 e. The van der Waals surface area contributed by atoms with Crippen LogP contribution in [0.1, 0.15) is 26.7 Å². The highest BCUT2D eigenvalue weighted by atomic mass is 16.8. The van der Waals surface area contributed by atoms with E-state index < -0.39 is 11.9 Å². The Labute approximate surface area is 88.7 Å². The van der Waals surface area contributed by atoms with Gasteiger partial charge in [0.05, 0.1) is 13.2 Å². The SMILES string of the molecule is COC(=O)CC[C@H]1OC(C)(C)O[C@@H]1C=O. The second-order valence-electron chi connectivity index (χ2n) is 3.89. The van der Waals surface area contributed by atoms with Crippen LogP contribution in [0.4, 0.5) is 0 Å². The van der Waals surface area contributed by atoms with E-state index in [2.05, 4.69) is 4.74 Å². The molecule has 5 heteroatoms. The van der Waals surface area contributed by atoms with Crippen LogP contribution in [0.15, 0.2) is 0 Å². The van der Waals surface area contributed by atoms with Gasteiger partial charge < -0.3 is 19.0 Å². The normalized spacial score (nSPS) is 28.7. The maximum atomic E-state index is 10.9. The van der Waals surface area contributed by atoms with Crippen molar-refractivity contribution in [3.63, 3.8) is 0 Å². The van der Waals surface area contributed by atoms with Gasteiger partial charge in [0.15, 0.2) is 12.1 Å². The predicted octanol–water partition coefficient (Wildman–Crippen LogP) is 0.659. The smallest absolute Gasteiger partial charge is 0.305 e. The lowest BCUT2D eigenvalue weighted by atomic mass is 10.1. The van der Waals surface area contributed by atoms with Crippen LogP contribution < -0.4 is 0 Å². The molecule has 1 aliphatic rings. The third-order valence-electron chi connectivity index (χ3n) is 2.22.